The van der Waals surface area contributed by atoms with E-state index in [0.29, 0.717) is 5.69 Å². The average molecular weight is 311 g/mol. The van der Waals surface area contributed by atoms with Gasteiger partial charge in [0.2, 0.25) is 0 Å². The molecule has 22 heavy (non-hydrogen) atoms. The SMILES string of the molecule is COC(=O)c1cc(N)ccc1Oc1ccc(C(F)(F)F)cc1. The molecule has 4 nitrogen and oxygen atoms in total. The number of nitrogens with two attached hydrogens (primary N) is 1. The zero-order valence-corrected chi connectivity index (χ0v) is 11.5. The summed E-state index contributed by atoms with van der Waals surface area (Å²) in [5, 5.41) is 0. The number of halogens is 3. The van der Waals surface area contributed by atoms with Crippen LogP contribution in [0, 0.1) is 0 Å². The number of ether oxygens (including phenoxy) is 2. The van der Waals surface area contributed by atoms with Crippen molar-refractivity contribution in [2.45, 2.75) is 6.18 Å². The molecule has 0 unspecified atom stereocenters. The summed E-state index contributed by atoms with van der Waals surface area (Å²) in [7, 11) is 1.20. The van der Waals surface area contributed by atoms with Gasteiger partial charge in [0.1, 0.15) is 17.1 Å². The van der Waals surface area contributed by atoms with E-state index in [1.54, 1.807) is 0 Å². The van der Waals surface area contributed by atoms with Crippen molar-refractivity contribution in [2.75, 3.05) is 12.8 Å². The largest absolute Gasteiger partial charge is 0.465 e. The molecule has 0 fully saturated rings. The highest BCUT2D eigenvalue weighted by molar-refractivity contribution is 5.93. The van der Waals surface area contributed by atoms with Gasteiger partial charge in [0.25, 0.3) is 0 Å². The van der Waals surface area contributed by atoms with Crippen molar-refractivity contribution < 1.29 is 27.4 Å². The molecule has 2 aromatic carbocycles. The highest BCUT2D eigenvalue weighted by atomic mass is 19.4. The van der Waals surface area contributed by atoms with Crippen LogP contribution in [0.1, 0.15) is 15.9 Å². The van der Waals surface area contributed by atoms with Gasteiger partial charge >= 0.3 is 12.1 Å². The van der Waals surface area contributed by atoms with Crippen LogP contribution in [0.5, 0.6) is 11.5 Å². The lowest BCUT2D eigenvalue weighted by Crippen LogP contribution is -2.05. The molecule has 0 aliphatic heterocycles. The first-order valence-electron chi connectivity index (χ1n) is 6.14. The molecule has 0 atom stereocenters. The summed E-state index contributed by atoms with van der Waals surface area (Å²) < 4.78 is 47.5. The second-order valence-corrected chi connectivity index (χ2v) is 4.37. The summed E-state index contributed by atoms with van der Waals surface area (Å²) in [4.78, 5) is 11.7. The lowest BCUT2D eigenvalue weighted by atomic mass is 10.1. The molecule has 0 radical (unpaired) electrons. The second-order valence-electron chi connectivity index (χ2n) is 4.37. The molecular formula is C15H12F3NO3. The number of hydrogen-bond acceptors (Lipinski definition) is 4. The van der Waals surface area contributed by atoms with E-state index in [1.165, 1.54) is 37.4 Å². The van der Waals surface area contributed by atoms with Crippen LogP contribution in [0.25, 0.3) is 0 Å². The first-order valence-corrected chi connectivity index (χ1v) is 6.14. The van der Waals surface area contributed by atoms with Gasteiger partial charge in [0, 0.05) is 5.69 Å². The van der Waals surface area contributed by atoms with Crippen molar-refractivity contribution >= 4 is 11.7 Å². The van der Waals surface area contributed by atoms with Crippen LogP contribution in [0.4, 0.5) is 18.9 Å². The number of hydrogen-bond donors (Lipinski definition) is 1. The molecule has 0 amide bonds. The number of anilines is 1. The smallest absolute Gasteiger partial charge is 0.416 e. The topological polar surface area (TPSA) is 61.5 Å². The Bertz CT molecular complexity index is 681. The first-order chi connectivity index (χ1) is 10.3. The number of carbonyl (C=O) groups excluding carboxylic acids is 1. The summed E-state index contributed by atoms with van der Waals surface area (Å²) in [6.45, 7) is 0. The molecule has 0 heterocycles. The standard InChI is InChI=1S/C15H12F3NO3/c1-21-14(20)12-8-10(19)4-7-13(12)22-11-5-2-9(3-6-11)15(16,17)18/h2-8H,19H2,1H3. The van der Waals surface area contributed by atoms with E-state index in [1.807, 2.05) is 0 Å². The monoisotopic (exact) mass is 311 g/mol. The van der Waals surface area contributed by atoms with Crippen LogP contribution in [0.3, 0.4) is 0 Å². The average Bonchev–Trinajstić information content (AvgIpc) is 2.48. The molecule has 0 spiro atoms. The van der Waals surface area contributed by atoms with E-state index in [9.17, 15) is 18.0 Å². The van der Waals surface area contributed by atoms with Crippen molar-refractivity contribution in [3.05, 3.63) is 53.6 Å². The predicted molar refractivity (Wildman–Crippen MR) is 73.7 cm³/mol. The molecule has 2 rings (SSSR count). The molecule has 2 N–H and O–H groups in total. The molecule has 7 heteroatoms. The van der Waals surface area contributed by atoms with Gasteiger partial charge in [-0.1, -0.05) is 0 Å². The van der Waals surface area contributed by atoms with Crippen LogP contribution < -0.4 is 10.5 Å². The fraction of sp³-hybridized carbons (Fsp3) is 0.133. The number of carbonyl (C=O) groups is 1. The van der Waals surface area contributed by atoms with Crippen molar-refractivity contribution in [2.24, 2.45) is 0 Å². The van der Waals surface area contributed by atoms with Crippen LogP contribution in [0.2, 0.25) is 0 Å². The Hall–Kier alpha value is -2.70. The van der Waals surface area contributed by atoms with Crippen molar-refractivity contribution in [3.8, 4) is 11.5 Å². The Labute approximate surface area is 124 Å². The molecule has 0 aliphatic rings. The molecule has 0 saturated carbocycles. The fourth-order valence-corrected chi connectivity index (χ4v) is 1.75. The summed E-state index contributed by atoms with van der Waals surface area (Å²) in [5.41, 5.74) is 5.23. The van der Waals surface area contributed by atoms with E-state index in [0.717, 1.165) is 12.1 Å². The number of rotatable bonds is 3. The van der Waals surface area contributed by atoms with E-state index >= 15 is 0 Å². The van der Waals surface area contributed by atoms with Gasteiger partial charge in [0.15, 0.2) is 0 Å². The Morgan fingerprint density at radius 2 is 1.73 bits per heavy atom. The normalized spacial score (nSPS) is 11.1. The fourth-order valence-electron chi connectivity index (χ4n) is 1.75. The van der Waals surface area contributed by atoms with Gasteiger partial charge in [-0.25, -0.2) is 4.79 Å². The maximum atomic E-state index is 12.5. The zero-order chi connectivity index (χ0) is 16.3. The summed E-state index contributed by atoms with van der Waals surface area (Å²) >= 11 is 0. The molecule has 116 valence electrons. The minimum atomic E-state index is -4.42. The van der Waals surface area contributed by atoms with Gasteiger partial charge in [-0.2, -0.15) is 13.2 Å². The number of alkyl halides is 3. The van der Waals surface area contributed by atoms with Gasteiger partial charge in [-0.15, -0.1) is 0 Å². The lowest BCUT2D eigenvalue weighted by molar-refractivity contribution is -0.137. The molecule has 0 bridgehead atoms. The Balaban J connectivity index is 2.29. The zero-order valence-electron chi connectivity index (χ0n) is 11.5. The third kappa shape index (κ3) is 3.49. The van der Waals surface area contributed by atoms with Gasteiger partial charge in [-0.3, -0.25) is 0 Å². The minimum Gasteiger partial charge on any atom is -0.465 e. The third-order valence-corrected chi connectivity index (χ3v) is 2.82. The number of methoxy groups -OCH3 is 1. The molecule has 0 saturated heterocycles. The van der Waals surface area contributed by atoms with Crippen molar-refractivity contribution in [3.63, 3.8) is 0 Å². The Kier molecular flexibility index (Phi) is 4.25. The quantitative estimate of drug-likeness (QED) is 0.690. The van der Waals surface area contributed by atoms with Crippen LogP contribution in [0.15, 0.2) is 42.5 Å². The van der Waals surface area contributed by atoms with Gasteiger partial charge < -0.3 is 15.2 Å². The van der Waals surface area contributed by atoms with Crippen LogP contribution in [-0.4, -0.2) is 13.1 Å². The van der Waals surface area contributed by atoms with Gasteiger partial charge in [0.05, 0.1) is 12.7 Å². The molecule has 0 aromatic heterocycles. The second kappa shape index (κ2) is 5.97. The first kappa shape index (κ1) is 15.7. The number of benzene rings is 2. The summed E-state index contributed by atoms with van der Waals surface area (Å²) in [6.07, 6.45) is -4.42. The Morgan fingerprint density at radius 3 is 2.27 bits per heavy atom. The van der Waals surface area contributed by atoms with Crippen molar-refractivity contribution in [1.29, 1.82) is 0 Å². The highest BCUT2D eigenvalue weighted by Crippen LogP contribution is 2.32. The highest BCUT2D eigenvalue weighted by Gasteiger charge is 2.30. The Morgan fingerprint density at radius 1 is 1.09 bits per heavy atom. The number of nitrogen functional groups attached to an aromatic ring is 1. The van der Waals surface area contributed by atoms with Crippen LogP contribution in [-0.2, 0) is 10.9 Å². The van der Waals surface area contributed by atoms with E-state index in [4.69, 9.17) is 10.5 Å². The maximum absolute atomic E-state index is 12.5. The molecular weight excluding hydrogens is 299 g/mol. The predicted octanol–water partition coefficient (Wildman–Crippen LogP) is 3.87. The lowest BCUT2D eigenvalue weighted by Gasteiger charge is -2.12. The third-order valence-electron chi connectivity index (χ3n) is 2.82. The van der Waals surface area contributed by atoms with E-state index in [-0.39, 0.29) is 17.1 Å². The molecule has 0 aliphatic carbocycles. The minimum absolute atomic E-state index is 0.0856. The van der Waals surface area contributed by atoms with E-state index < -0.39 is 17.7 Å². The van der Waals surface area contributed by atoms with Crippen molar-refractivity contribution in [1.82, 2.24) is 0 Å². The summed E-state index contributed by atoms with van der Waals surface area (Å²) in [6, 6.07) is 8.44. The van der Waals surface area contributed by atoms with E-state index in [2.05, 4.69) is 4.74 Å². The van der Waals surface area contributed by atoms with Gasteiger partial charge in [-0.05, 0) is 42.5 Å². The maximum Gasteiger partial charge on any atom is 0.416 e. The molecule has 2 aromatic rings. The number of esters is 1. The summed E-state index contributed by atoms with van der Waals surface area (Å²) in [5.74, 6) is -0.363. The van der Waals surface area contributed by atoms with Crippen LogP contribution >= 0.6 is 0 Å².